The standard InChI is InChI=1S/C28H54/c1-10-14-15-27(8)19-21(6)25-17-24(28(27,9)13-4)18-26(25)22(7)23(12-3)16-20(5)11-2/h20-26H,10-19H2,1-9H3. The summed E-state index contributed by atoms with van der Waals surface area (Å²) in [5.41, 5.74) is 1.09. The average molecular weight is 391 g/mol. The largest absolute Gasteiger partial charge is 0.0654 e. The summed E-state index contributed by atoms with van der Waals surface area (Å²) in [5.74, 6) is 6.59. The van der Waals surface area contributed by atoms with Gasteiger partial charge in [-0.2, -0.15) is 0 Å². The van der Waals surface area contributed by atoms with Crippen molar-refractivity contribution >= 4 is 0 Å². The minimum atomic E-state index is 0.540. The SMILES string of the molecule is CCCCC1(C)CC(C)C2CC(CC2C(C)C(CC)CC(C)CC)C1(C)CC. The lowest BCUT2D eigenvalue weighted by molar-refractivity contribution is -0.0262. The van der Waals surface area contributed by atoms with Crippen molar-refractivity contribution in [2.75, 3.05) is 0 Å². The van der Waals surface area contributed by atoms with Crippen molar-refractivity contribution in [1.82, 2.24) is 0 Å². The van der Waals surface area contributed by atoms with Crippen LogP contribution in [0.25, 0.3) is 0 Å². The van der Waals surface area contributed by atoms with Gasteiger partial charge < -0.3 is 0 Å². The summed E-state index contributed by atoms with van der Waals surface area (Å²) in [6.45, 7) is 22.8. The number of fused-ring (bicyclic) bond motifs is 2. The highest BCUT2D eigenvalue weighted by Crippen LogP contribution is 2.65. The van der Waals surface area contributed by atoms with Crippen LogP contribution in [0.3, 0.4) is 0 Å². The zero-order valence-corrected chi connectivity index (χ0v) is 21.1. The molecule has 9 atom stereocenters. The molecule has 9 unspecified atom stereocenters. The normalized spacial score (nSPS) is 41.5. The second kappa shape index (κ2) is 9.87. The summed E-state index contributed by atoms with van der Waals surface area (Å²) in [6.07, 6.45) is 14.3. The molecule has 2 saturated carbocycles. The van der Waals surface area contributed by atoms with Crippen LogP contribution in [0.1, 0.15) is 127 Å². The maximum atomic E-state index is 2.70. The van der Waals surface area contributed by atoms with Crippen molar-refractivity contribution in [2.24, 2.45) is 52.3 Å². The Morgan fingerprint density at radius 1 is 0.964 bits per heavy atom. The minimum Gasteiger partial charge on any atom is -0.0654 e. The topological polar surface area (TPSA) is 0 Å². The van der Waals surface area contributed by atoms with Crippen LogP contribution in [-0.2, 0) is 0 Å². The van der Waals surface area contributed by atoms with Crippen molar-refractivity contribution in [3.63, 3.8) is 0 Å². The molecule has 0 aromatic heterocycles. The van der Waals surface area contributed by atoms with Crippen LogP contribution >= 0.6 is 0 Å². The first-order chi connectivity index (χ1) is 13.2. The highest BCUT2D eigenvalue weighted by molar-refractivity contribution is 5.06. The van der Waals surface area contributed by atoms with Crippen LogP contribution < -0.4 is 0 Å². The van der Waals surface area contributed by atoms with Crippen LogP contribution in [0.5, 0.6) is 0 Å². The quantitative estimate of drug-likeness (QED) is 0.348. The Balaban J connectivity index is 2.25. The van der Waals surface area contributed by atoms with Gasteiger partial charge in [0.25, 0.3) is 0 Å². The molecule has 2 rings (SSSR count). The molecule has 0 aliphatic heterocycles. The van der Waals surface area contributed by atoms with Crippen LogP contribution in [0.15, 0.2) is 0 Å². The molecule has 0 nitrogen and oxygen atoms in total. The molecule has 2 fully saturated rings. The highest BCUT2D eigenvalue weighted by Gasteiger charge is 2.57. The lowest BCUT2D eigenvalue weighted by Gasteiger charge is -2.52. The number of unbranched alkanes of at least 4 members (excludes halogenated alkanes) is 1. The molecule has 0 heteroatoms. The van der Waals surface area contributed by atoms with E-state index in [2.05, 4.69) is 62.3 Å². The summed E-state index contributed by atoms with van der Waals surface area (Å²) in [6, 6.07) is 0. The molecular formula is C28H54. The summed E-state index contributed by atoms with van der Waals surface area (Å²) in [4.78, 5) is 0. The Morgan fingerprint density at radius 2 is 1.64 bits per heavy atom. The third-order valence-electron chi connectivity index (χ3n) is 10.6. The number of hydrogen-bond donors (Lipinski definition) is 0. The fraction of sp³-hybridized carbons (Fsp3) is 1.00. The van der Waals surface area contributed by atoms with E-state index in [-0.39, 0.29) is 0 Å². The lowest BCUT2D eigenvalue weighted by atomic mass is 9.53. The summed E-state index contributed by atoms with van der Waals surface area (Å²) in [7, 11) is 0. The Hall–Kier alpha value is 0. The number of rotatable bonds is 10. The van der Waals surface area contributed by atoms with Gasteiger partial charge in [0.1, 0.15) is 0 Å². The van der Waals surface area contributed by atoms with E-state index in [4.69, 9.17) is 0 Å². The third-order valence-corrected chi connectivity index (χ3v) is 10.6. The van der Waals surface area contributed by atoms with Crippen LogP contribution in [0.4, 0.5) is 0 Å². The van der Waals surface area contributed by atoms with Gasteiger partial charge in [0.2, 0.25) is 0 Å². The lowest BCUT2D eigenvalue weighted by Crippen LogP contribution is -2.44. The van der Waals surface area contributed by atoms with Crippen LogP contribution in [0.2, 0.25) is 0 Å². The smallest absolute Gasteiger partial charge is 0.0246 e. The Morgan fingerprint density at radius 3 is 2.18 bits per heavy atom. The Labute approximate surface area is 179 Å². The summed E-state index contributed by atoms with van der Waals surface area (Å²) >= 11 is 0. The van der Waals surface area contributed by atoms with E-state index in [0.717, 1.165) is 41.4 Å². The molecular weight excluding hydrogens is 336 g/mol. The second-order valence-electron chi connectivity index (χ2n) is 11.9. The third kappa shape index (κ3) is 4.51. The minimum absolute atomic E-state index is 0.540. The molecule has 2 aliphatic rings. The predicted molar refractivity (Wildman–Crippen MR) is 127 cm³/mol. The monoisotopic (exact) mass is 390 g/mol. The zero-order valence-electron chi connectivity index (χ0n) is 21.1. The van der Waals surface area contributed by atoms with E-state index in [1.165, 1.54) is 64.2 Å². The molecule has 0 radical (unpaired) electrons. The molecule has 0 spiro atoms. The maximum Gasteiger partial charge on any atom is -0.0246 e. The van der Waals surface area contributed by atoms with Gasteiger partial charge in [-0.15, -0.1) is 0 Å². The van der Waals surface area contributed by atoms with Gasteiger partial charge in [0, 0.05) is 0 Å². The predicted octanol–water partition coefficient (Wildman–Crippen LogP) is 9.38. The highest BCUT2D eigenvalue weighted by atomic mass is 14.6. The van der Waals surface area contributed by atoms with E-state index in [9.17, 15) is 0 Å². The van der Waals surface area contributed by atoms with Crippen molar-refractivity contribution in [2.45, 2.75) is 127 Å². The van der Waals surface area contributed by atoms with E-state index < -0.39 is 0 Å². The van der Waals surface area contributed by atoms with Gasteiger partial charge in [0.15, 0.2) is 0 Å². The van der Waals surface area contributed by atoms with Crippen molar-refractivity contribution in [3.05, 3.63) is 0 Å². The van der Waals surface area contributed by atoms with Gasteiger partial charge in [-0.05, 0) is 90.8 Å². The van der Waals surface area contributed by atoms with Gasteiger partial charge >= 0.3 is 0 Å². The molecule has 28 heavy (non-hydrogen) atoms. The maximum absolute atomic E-state index is 2.70. The first-order valence-electron chi connectivity index (χ1n) is 13.2. The van der Waals surface area contributed by atoms with Crippen LogP contribution in [-0.4, -0.2) is 0 Å². The Bertz CT molecular complexity index is 467. The van der Waals surface area contributed by atoms with Crippen molar-refractivity contribution in [3.8, 4) is 0 Å². The van der Waals surface area contributed by atoms with Gasteiger partial charge in [-0.3, -0.25) is 0 Å². The van der Waals surface area contributed by atoms with Crippen molar-refractivity contribution in [1.29, 1.82) is 0 Å². The molecule has 166 valence electrons. The van der Waals surface area contributed by atoms with E-state index in [1.807, 2.05) is 0 Å². The first kappa shape index (κ1) is 24.3. The summed E-state index contributed by atoms with van der Waals surface area (Å²) < 4.78 is 0. The van der Waals surface area contributed by atoms with E-state index >= 15 is 0 Å². The molecule has 0 amide bonds. The van der Waals surface area contributed by atoms with Crippen molar-refractivity contribution < 1.29 is 0 Å². The molecule has 2 aliphatic carbocycles. The van der Waals surface area contributed by atoms with Crippen LogP contribution in [0, 0.1) is 52.3 Å². The molecule has 0 heterocycles. The fourth-order valence-corrected chi connectivity index (χ4v) is 7.93. The van der Waals surface area contributed by atoms with E-state index in [0.29, 0.717) is 10.8 Å². The fourth-order valence-electron chi connectivity index (χ4n) is 7.93. The average Bonchev–Trinajstić information content (AvgIpc) is 3.12. The summed E-state index contributed by atoms with van der Waals surface area (Å²) in [5, 5.41) is 0. The second-order valence-corrected chi connectivity index (χ2v) is 11.9. The number of hydrogen-bond acceptors (Lipinski definition) is 0. The molecule has 0 aromatic carbocycles. The Kier molecular flexibility index (Phi) is 8.56. The molecule has 2 bridgehead atoms. The first-order valence-corrected chi connectivity index (χ1v) is 13.2. The van der Waals surface area contributed by atoms with Gasteiger partial charge in [-0.1, -0.05) is 88.0 Å². The molecule has 0 aromatic rings. The van der Waals surface area contributed by atoms with Gasteiger partial charge in [0.05, 0.1) is 0 Å². The van der Waals surface area contributed by atoms with Gasteiger partial charge in [-0.25, -0.2) is 0 Å². The van der Waals surface area contributed by atoms with E-state index in [1.54, 1.807) is 0 Å². The molecule has 0 saturated heterocycles. The molecule has 0 N–H and O–H groups in total. The zero-order chi connectivity index (χ0) is 21.1.